The Kier molecular flexibility index (Phi) is 3.66. The maximum Gasteiger partial charge on any atom is 0.151 e. The van der Waals surface area contributed by atoms with Gasteiger partial charge in [0.1, 0.15) is 5.75 Å². The normalized spacial score (nSPS) is 10.8. The minimum atomic E-state index is 0.786. The second kappa shape index (κ2) is 5.59. The molecular weight excluding hydrogens is 276 g/mol. The van der Waals surface area contributed by atoms with Crippen LogP contribution < -0.4 is 4.74 Å². The number of rotatable bonds is 4. The summed E-state index contributed by atoms with van der Waals surface area (Å²) in [6.07, 6.45) is 1.74. The van der Waals surface area contributed by atoms with E-state index >= 15 is 0 Å². The molecule has 0 fully saturated rings. The van der Waals surface area contributed by atoms with Gasteiger partial charge in [0.05, 0.1) is 29.2 Å². The summed E-state index contributed by atoms with van der Waals surface area (Å²) >= 11 is 3.44. The van der Waals surface area contributed by atoms with Gasteiger partial charge in [-0.3, -0.25) is 4.98 Å². The third-order valence-electron chi connectivity index (χ3n) is 2.65. The van der Waals surface area contributed by atoms with E-state index in [1.807, 2.05) is 30.3 Å². The molecule has 0 unspecified atom stereocenters. The number of aromatic nitrogens is 2. The zero-order chi connectivity index (χ0) is 13.1. The lowest BCUT2D eigenvalue weighted by molar-refractivity contribution is 0.412. The van der Waals surface area contributed by atoms with Crippen molar-refractivity contribution in [2.45, 2.75) is 10.1 Å². The number of fused-ring (bicyclic) bond motifs is 1. The number of para-hydroxylation sites is 1. The van der Waals surface area contributed by atoms with E-state index in [1.165, 1.54) is 4.70 Å². The Labute approximate surface area is 119 Å². The number of methoxy groups -OCH3 is 1. The highest BCUT2D eigenvalue weighted by molar-refractivity contribution is 8.00. The van der Waals surface area contributed by atoms with Crippen LogP contribution in [-0.2, 0) is 5.75 Å². The largest absolute Gasteiger partial charge is 0.495 e. The number of thiazole rings is 1. The van der Waals surface area contributed by atoms with Crippen LogP contribution in [0.2, 0.25) is 0 Å². The molecule has 0 amide bonds. The molecule has 0 aliphatic carbocycles. The van der Waals surface area contributed by atoms with Crippen molar-refractivity contribution >= 4 is 33.3 Å². The third kappa shape index (κ3) is 2.88. The van der Waals surface area contributed by atoms with Gasteiger partial charge in [-0.1, -0.05) is 23.9 Å². The molecule has 2 heterocycles. The van der Waals surface area contributed by atoms with Crippen LogP contribution in [0.15, 0.2) is 46.9 Å². The van der Waals surface area contributed by atoms with E-state index in [4.69, 9.17) is 4.74 Å². The average Bonchev–Trinajstić information content (AvgIpc) is 2.88. The highest BCUT2D eigenvalue weighted by Gasteiger charge is 2.04. The molecule has 1 aromatic carbocycles. The van der Waals surface area contributed by atoms with E-state index in [1.54, 1.807) is 36.4 Å². The van der Waals surface area contributed by atoms with E-state index in [0.717, 1.165) is 27.1 Å². The minimum absolute atomic E-state index is 0.786. The molecule has 0 radical (unpaired) electrons. The molecule has 0 aliphatic rings. The minimum Gasteiger partial charge on any atom is -0.495 e. The molecule has 3 nitrogen and oxygen atoms in total. The van der Waals surface area contributed by atoms with Crippen molar-refractivity contribution < 1.29 is 4.74 Å². The molecule has 19 heavy (non-hydrogen) atoms. The van der Waals surface area contributed by atoms with Gasteiger partial charge in [-0.25, -0.2) is 4.98 Å². The van der Waals surface area contributed by atoms with Gasteiger partial charge < -0.3 is 4.74 Å². The SMILES string of the molecule is COc1ccc(CSc2nc3ccccc3s2)nc1. The van der Waals surface area contributed by atoms with E-state index < -0.39 is 0 Å². The molecule has 96 valence electrons. The van der Waals surface area contributed by atoms with Gasteiger partial charge >= 0.3 is 0 Å². The van der Waals surface area contributed by atoms with Gasteiger partial charge in [0.25, 0.3) is 0 Å². The van der Waals surface area contributed by atoms with E-state index in [-0.39, 0.29) is 0 Å². The Balaban J connectivity index is 1.70. The van der Waals surface area contributed by atoms with Gasteiger partial charge in [0.15, 0.2) is 4.34 Å². The van der Waals surface area contributed by atoms with Crippen molar-refractivity contribution in [2.75, 3.05) is 7.11 Å². The summed E-state index contributed by atoms with van der Waals surface area (Å²) in [5.74, 6) is 1.61. The molecule has 0 aliphatic heterocycles. The van der Waals surface area contributed by atoms with Crippen LogP contribution in [0, 0.1) is 0 Å². The summed E-state index contributed by atoms with van der Waals surface area (Å²) in [5.41, 5.74) is 2.10. The number of pyridine rings is 1. The molecule has 3 aromatic rings. The summed E-state index contributed by atoms with van der Waals surface area (Å²) in [7, 11) is 1.65. The molecule has 0 saturated heterocycles. The summed E-state index contributed by atoms with van der Waals surface area (Å²) in [6, 6.07) is 12.1. The van der Waals surface area contributed by atoms with Crippen molar-refractivity contribution in [3.8, 4) is 5.75 Å². The van der Waals surface area contributed by atoms with Crippen LogP contribution in [0.4, 0.5) is 0 Å². The lowest BCUT2D eigenvalue weighted by atomic mass is 10.3. The Morgan fingerprint density at radius 1 is 1.21 bits per heavy atom. The Morgan fingerprint density at radius 2 is 2.11 bits per heavy atom. The Bertz CT molecular complexity index is 646. The average molecular weight is 288 g/mol. The number of hydrogen-bond acceptors (Lipinski definition) is 5. The van der Waals surface area contributed by atoms with Crippen molar-refractivity contribution in [3.05, 3.63) is 48.3 Å². The van der Waals surface area contributed by atoms with Crippen molar-refractivity contribution in [1.29, 1.82) is 0 Å². The summed E-state index contributed by atoms with van der Waals surface area (Å²) in [4.78, 5) is 8.94. The monoisotopic (exact) mass is 288 g/mol. The van der Waals surface area contributed by atoms with E-state index in [2.05, 4.69) is 16.0 Å². The maximum atomic E-state index is 5.09. The number of hydrogen-bond donors (Lipinski definition) is 0. The van der Waals surface area contributed by atoms with Gasteiger partial charge in [0, 0.05) is 5.75 Å². The second-order valence-corrected chi connectivity index (χ2v) is 6.18. The first-order valence-corrected chi connectivity index (χ1v) is 7.62. The molecule has 5 heteroatoms. The molecule has 3 rings (SSSR count). The van der Waals surface area contributed by atoms with Crippen molar-refractivity contribution in [1.82, 2.24) is 9.97 Å². The zero-order valence-corrected chi connectivity index (χ0v) is 12.0. The standard InChI is InChI=1S/C14H12N2OS2/c1-17-11-7-6-10(15-8-11)9-18-14-16-12-4-2-3-5-13(12)19-14/h2-8H,9H2,1H3. The first-order chi connectivity index (χ1) is 9.35. The fraction of sp³-hybridized carbons (Fsp3) is 0.143. The lowest BCUT2D eigenvalue weighted by Crippen LogP contribution is -1.88. The van der Waals surface area contributed by atoms with Crippen molar-refractivity contribution in [3.63, 3.8) is 0 Å². The Hall–Kier alpha value is -1.59. The van der Waals surface area contributed by atoms with Gasteiger partial charge in [-0.15, -0.1) is 11.3 Å². The number of nitrogens with zero attached hydrogens (tertiary/aromatic N) is 2. The topological polar surface area (TPSA) is 35.0 Å². The molecule has 2 aromatic heterocycles. The van der Waals surface area contributed by atoms with Crippen LogP contribution in [-0.4, -0.2) is 17.1 Å². The molecule has 0 spiro atoms. The fourth-order valence-corrected chi connectivity index (χ4v) is 3.65. The number of benzene rings is 1. The summed E-state index contributed by atoms with van der Waals surface area (Å²) in [5, 5.41) is 0. The first-order valence-electron chi connectivity index (χ1n) is 5.82. The quantitative estimate of drug-likeness (QED) is 0.680. The molecular formula is C14H12N2OS2. The second-order valence-electron chi connectivity index (χ2n) is 3.93. The predicted octanol–water partition coefficient (Wildman–Crippen LogP) is 3.99. The number of thioether (sulfide) groups is 1. The lowest BCUT2D eigenvalue weighted by Gasteiger charge is -2.00. The molecule has 0 bridgehead atoms. The molecule has 0 N–H and O–H groups in total. The van der Waals surface area contributed by atoms with Gasteiger partial charge in [-0.05, 0) is 24.3 Å². The third-order valence-corrected chi connectivity index (χ3v) is 4.86. The first kappa shape index (κ1) is 12.4. The molecule has 0 saturated carbocycles. The maximum absolute atomic E-state index is 5.09. The van der Waals surface area contributed by atoms with Crippen LogP contribution in [0.5, 0.6) is 5.75 Å². The van der Waals surface area contributed by atoms with Gasteiger partial charge in [-0.2, -0.15) is 0 Å². The van der Waals surface area contributed by atoms with Crippen LogP contribution in [0.3, 0.4) is 0 Å². The highest BCUT2D eigenvalue weighted by Crippen LogP contribution is 2.31. The van der Waals surface area contributed by atoms with Crippen molar-refractivity contribution in [2.24, 2.45) is 0 Å². The Morgan fingerprint density at radius 3 is 2.84 bits per heavy atom. The highest BCUT2D eigenvalue weighted by atomic mass is 32.2. The fourth-order valence-electron chi connectivity index (χ4n) is 1.67. The molecule has 0 atom stereocenters. The van der Waals surface area contributed by atoms with Crippen LogP contribution in [0.25, 0.3) is 10.2 Å². The predicted molar refractivity (Wildman–Crippen MR) is 80.0 cm³/mol. The zero-order valence-electron chi connectivity index (χ0n) is 10.4. The smallest absolute Gasteiger partial charge is 0.151 e. The summed E-state index contributed by atoms with van der Waals surface area (Å²) in [6.45, 7) is 0. The summed E-state index contributed by atoms with van der Waals surface area (Å²) < 4.78 is 7.40. The van der Waals surface area contributed by atoms with Gasteiger partial charge in [0.2, 0.25) is 0 Å². The van der Waals surface area contributed by atoms with E-state index in [0.29, 0.717) is 0 Å². The number of ether oxygens (including phenoxy) is 1. The van der Waals surface area contributed by atoms with Crippen LogP contribution in [0.1, 0.15) is 5.69 Å². The van der Waals surface area contributed by atoms with Crippen LogP contribution >= 0.6 is 23.1 Å². The van der Waals surface area contributed by atoms with E-state index in [9.17, 15) is 0 Å².